The molecule has 0 atom stereocenters. The van der Waals surface area contributed by atoms with Gasteiger partial charge in [-0.15, -0.1) is 0 Å². The fourth-order valence-corrected chi connectivity index (χ4v) is 1.78. The Bertz CT molecular complexity index is 641. The van der Waals surface area contributed by atoms with Crippen molar-refractivity contribution in [3.8, 4) is 11.3 Å². The minimum Gasteiger partial charge on any atom is -0.478 e. The van der Waals surface area contributed by atoms with E-state index in [0.717, 1.165) is 12.1 Å². The van der Waals surface area contributed by atoms with E-state index in [2.05, 4.69) is 4.98 Å². The van der Waals surface area contributed by atoms with Crippen LogP contribution in [0, 0.1) is 11.6 Å². The van der Waals surface area contributed by atoms with E-state index in [9.17, 15) is 13.6 Å². The summed E-state index contributed by atoms with van der Waals surface area (Å²) in [5.74, 6) is -2.94. The van der Waals surface area contributed by atoms with Gasteiger partial charge in [0.2, 0.25) is 0 Å². The van der Waals surface area contributed by atoms with Crippen molar-refractivity contribution in [3.05, 3.63) is 53.2 Å². The molecule has 2 rings (SSSR count). The van der Waals surface area contributed by atoms with Crippen molar-refractivity contribution in [2.24, 2.45) is 0 Å². The minimum absolute atomic E-state index is 0.119. The van der Waals surface area contributed by atoms with Crippen molar-refractivity contribution in [3.63, 3.8) is 0 Å². The molecule has 0 amide bonds. The number of aromatic nitrogens is 1. The summed E-state index contributed by atoms with van der Waals surface area (Å²) in [7, 11) is 0. The molecule has 0 aliphatic rings. The largest absolute Gasteiger partial charge is 0.478 e. The van der Waals surface area contributed by atoms with E-state index in [-0.39, 0.29) is 5.56 Å². The molecule has 1 N–H and O–H groups in total. The molecule has 0 aliphatic heterocycles. The Kier molecular flexibility index (Phi) is 3.55. The molecule has 0 aliphatic carbocycles. The van der Waals surface area contributed by atoms with Crippen LogP contribution in [0.2, 0.25) is 0 Å². The standard InChI is InChI=1S/C14H11F2NO2/c1-2-12-9(14(18)19)4-6-13(17-12)8-3-5-10(15)11(16)7-8/h3-7H,2H2,1H3,(H,18,19). The maximum Gasteiger partial charge on any atom is 0.337 e. The van der Waals surface area contributed by atoms with Gasteiger partial charge in [-0.1, -0.05) is 6.92 Å². The number of carboxylic acids is 1. The highest BCUT2D eigenvalue weighted by Gasteiger charge is 2.12. The molecule has 0 radical (unpaired) electrons. The maximum atomic E-state index is 13.2. The van der Waals surface area contributed by atoms with Crippen LogP contribution in [0.3, 0.4) is 0 Å². The number of nitrogens with zero attached hydrogens (tertiary/aromatic N) is 1. The molecule has 0 saturated carbocycles. The Labute approximate surface area is 108 Å². The third kappa shape index (κ3) is 2.59. The lowest BCUT2D eigenvalue weighted by Gasteiger charge is -2.07. The highest BCUT2D eigenvalue weighted by molar-refractivity contribution is 5.89. The highest BCUT2D eigenvalue weighted by Crippen LogP contribution is 2.21. The lowest BCUT2D eigenvalue weighted by Crippen LogP contribution is -2.04. The summed E-state index contributed by atoms with van der Waals surface area (Å²) in [6, 6.07) is 6.36. The number of hydrogen-bond donors (Lipinski definition) is 1. The van der Waals surface area contributed by atoms with Crippen molar-refractivity contribution in [2.45, 2.75) is 13.3 Å². The lowest BCUT2D eigenvalue weighted by molar-refractivity contribution is 0.0695. The molecule has 98 valence electrons. The van der Waals surface area contributed by atoms with Gasteiger partial charge in [0.1, 0.15) is 0 Å². The van der Waals surface area contributed by atoms with Gasteiger partial charge in [0.15, 0.2) is 11.6 Å². The molecule has 1 aromatic carbocycles. The van der Waals surface area contributed by atoms with Gasteiger partial charge in [0.25, 0.3) is 0 Å². The number of benzene rings is 1. The van der Waals surface area contributed by atoms with Crippen LogP contribution in [0.4, 0.5) is 8.78 Å². The molecule has 0 unspecified atom stereocenters. The third-order valence-electron chi connectivity index (χ3n) is 2.75. The average molecular weight is 263 g/mol. The van der Waals surface area contributed by atoms with Crippen molar-refractivity contribution in [2.75, 3.05) is 0 Å². The third-order valence-corrected chi connectivity index (χ3v) is 2.75. The Morgan fingerprint density at radius 3 is 2.53 bits per heavy atom. The smallest absolute Gasteiger partial charge is 0.337 e. The van der Waals surface area contributed by atoms with Gasteiger partial charge in [-0.2, -0.15) is 0 Å². The van der Waals surface area contributed by atoms with E-state index in [1.54, 1.807) is 6.92 Å². The minimum atomic E-state index is -1.05. The molecule has 1 heterocycles. The second-order valence-electron chi connectivity index (χ2n) is 3.98. The predicted molar refractivity (Wildman–Crippen MR) is 65.9 cm³/mol. The summed E-state index contributed by atoms with van der Waals surface area (Å²) in [5, 5.41) is 8.99. The maximum absolute atomic E-state index is 13.2. The van der Waals surface area contributed by atoms with Crippen LogP contribution >= 0.6 is 0 Å². The average Bonchev–Trinajstić information content (AvgIpc) is 2.41. The first-order valence-corrected chi connectivity index (χ1v) is 5.71. The van der Waals surface area contributed by atoms with Crippen LogP contribution in [-0.2, 0) is 6.42 Å². The van der Waals surface area contributed by atoms with E-state index in [1.165, 1.54) is 18.2 Å². The molecule has 0 saturated heterocycles. The number of hydrogen-bond acceptors (Lipinski definition) is 2. The Balaban J connectivity index is 2.51. The number of halogens is 2. The van der Waals surface area contributed by atoms with Crippen molar-refractivity contribution in [1.29, 1.82) is 0 Å². The number of aryl methyl sites for hydroxylation is 1. The second kappa shape index (κ2) is 5.14. The summed E-state index contributed by atoms with van der Waals surface area (Å²) in [6.07, 6.45) is 0.444. The number of carbonyl (C=O) groups is 1. The van der Waals surface area contributed by atoms with Crippen LogP contribution in [0.5, 0.6) is 0 Å². The summed E-state index contributed by atoms with van der Waals surface area (Å²) >= 11 is 0. The van der Waals surface area contributed by atoms with Crippen LogP contribution in [0.1, 0.15) is 23.0 Å². The number of carboxylic acid groups (broad SMARTS) is 1. The molecule has 2 aromatic rings. The van der Waals surface area contributed by atoms with Crippen molar-refractivity contribution >= 4 is 5.97 Å². The Morgan fingerprint density at radius 2 is 1.95 bits per heavy atom. The molecular formula is C14H11F2NO2. The Hall–Kier alpha value is -2.30. The van der Waals surface area contributed by atoms with Crippen LogP contribution in [-0.4, -0.2) is 16.1 Å². The zero-order chi connectivity index (χ0) is 14.0. The van der Waals surface area contributed by atoms with Crippen molar-refractivity contribution < 1.29 is 18.7 Å². The fourth-order valence-electron chi connectivity index (χ4n) is 1.78. The second-order valence-corrected chi connectivity index (χ2v) is 3.98. The summed E-state index contributed by atoms with van der Waals surface area (Å²) in [4.78, 5) is 15.2. The summed E-state index contributed by atoms with van der Waals surface area (Å²) in [5.41, 5.74) is 1.36. The summed E-state index contributed by atoms with van der Waals surface area (Å²) in [6.45, 7) is 1.78. The zero-order valence-electron chi connectivity index (χ0n) is 10.2. The molecule has 0 bridgehead atoms. The van der Waals surface area contributed by atoms with Gasteiger partial charge < -0.3 is 5.11 Å². The van der Waals surface area contributed by atoms with Crippen LogP contribution in [0.15, 0.2) is 30.3 Å². The topological polar surface area (TPSA) is 50.2 Å². The molecule has 5 heteroatoms. The zero-order valence-corrected chi connectivity index (χ0v) is 10.2. The first kappa shape index (κ1) is 13.1. The summed E-state index contributed by atoms with van der Waals surface area (Å²) < 4.78 is 26.0. The molecule has 3 nitrogen and oxygen atoms in total. The first-order valence-electron chi connectivity index (χ1n) is 5.71. The monoisotopic (exact) mass is 263 g/mol. The van der Waals surface area contributed by atoms with E-state index < -0.39 is 17.6 Å². The van der Waals surface area contributed by atoms with E-state index in [4.69, 9.17) is 5.11 Å². The normalized spacial score (nSPS) is 10.5. The quantitative estimate of drug-likeness (QED) is 0.924. The van der Waals surface area contributed by atoms with Gasteiger partial charge in [0, 0.05) is 5.56 Å². The van der Waals surface area contributed by atoms with E-state index in [0.29, 0.717) is 23.4 Å². The number of aromatic carboxylic acids is 1. The Morgan fingerprint density at radius 1 is 1.21 bits per heavy atom. The van der Waals surface area contributed by atoms with Crippen molar-refractivity contribution in [1.82, 2.24) is 4.98 Å². The van der Waals surface area contributed by atoms with E-state index >= 15 is 0 Å². The van der Waals surface area contributed by atoms with E-state index in [1.807, 2.05) is 0 Å². The van der Waals surface area contributed by atoms with Gasteiger partial charge in [-0.25, -0.2) is 13.6 Å². The van der Waals surface area contributed by atoms with Gasteiger partial charge >= 0.3 is 5.97 Å². The van der Waals surface area contributed by atoms with Crippen LogP contribution in [0.25, 0.3) is 11.3 Å². The van der Waals surface area contributed by atoms with Gasteiger partial charge in [0.05, 0.1) is 17.0 Å². The predicted octanol–water partition coefficient (Wildman–Crippen LogP) is 3.29. The molecule has 0 fully saturated rings. The van der Waals surface area contributed by atoms with Gasteiger partial charge in [-0.3, -0.25) is 4.98 Å². The van der Waals surface area contributed by atoms with Gasteiger partial charge in [-0.05, 0) is 36.8 Å². The molecular weight excluding hydrogens is 252 g/mol. The molecule has 1 aromatic heterocycles. The lowest BCUT2D eigenvalue weighted by atomic mass is 10.1. The molecule has 19 heavy (non-hydrogen) atoms. The highest BCUT2D eigenvalue weighted by atomic mass is 19.2. The van der Waals surface area contributed by atoms with Crippen LogP contribution < -0.4 is 0 Å². The number of pyridine rings is 1. The fraction of sp³-hybridized carbons (Fsp3) is 0.143. The molecule has 0 spiro atoms. The number of rotatable bonds is 3. The SMILES string of the molecule is CCc1nc(-c2ccc(F)c(F)c2)ccc1C(=O)O. The first-order chi connectivity index (χ1) is 9.02.